The second-order valence-electron chi connectivity index (χ2n) is 6.72. The first-order valence-corrected chi connectivity index (χ1v) is 10.7. The fraction of sp³-hybridized carbons (Fsp3) is 0.0833. The lowest BCUT2D eigenvalue weighted by molar-refractivity contribution is -0.113. The highest BCUT2D eigenvalue weighted by atomic mass is 32.2. The zero-order valence-electron chi connectivity index (χ0n) is 17.1. The van der Waals surface area contributed by atoms with E-state index in [1.807, 2.05) is 12.1 Å². The average molecular weight is 443 g/mol. The second kappa shape index (κ2) is 9.37. The molecule has 0 fully saturated rings. The first-order chi connectivity index (χ1) is 15.6. The molecule has 0 saturated carbocycles. The number of rotatable bonds is 6. The molecule has 158 valence electrons. The molecule has 0 atom stereocenters. The van der Waals surface area contributed by atoms with Gasteiger partial charge < -0.3 is 10.1 Å². The lowest BCUT2D eigenvalue weighted by Crippen LogP contribution is -2.23. The number of hydrogen-bond donors (Lipinski definition) is 1. The molecule has 1 N–H and O–H groups in total. The lowest BCUT2D eigenvalue weighted by atomic mass is 10.2. The van der Waals surface area contributed by atoms with Gasteiger partial charge in [-0.3, -0.25) is 14.2 Å². The van der Waals surface area contributed by atoms with E-state index in [0.29, 0.717) is 38.7 Å². The molecule has 0 unspecified atom stereocenters. The number of methoxy groups -OCH3 is 1. The van der Waals surface area contributed by atoms with Crippen LogP contribution in [0.4, 0.5) is 5.69 Å². The van der Waals surface area contributed by atoms with Crippen molar-refractivity contribution in [2.75, 3.05) is 18.2 Å². The smallest absolute Gasteiger partial charge is 0.266 e. The van der Waals surface area contributed by atoms with E-state index in [1.165, 1.54) is 11.7 Å². The molecule has 0 saturated heterocycles. The molecule has 0 aliphatic heterocycles. The van der Waals surface area contributed by atoms with E-state index < -0.39 is 0 Å². The van der Waals surface area contributed by atoms with Crippen molar-refractivity contribution in [2.45, 2.75) is 5.16 Å². The summed E-state index contributed by atoms with van der Waals surface area (Å²) in [5.74, 6) is 0.201. The Morgan fingerprint density at radius 3 is 2.62 bits per heavy atom. The van der Waals surface area contributed by atoms with Gasteiger partial charge in [-0.2, -0.15) is 5.26 Å². The predicted molar refractivity (Wildman–Crippen MR) is 124 cm³/mol. The molecular formula is C24H18N4O3S. The molecule has 0 spiro atoms. The highest BCUT2D eigenvalue weighted by molar-refractivity contribution is 7.99. The lowest BCUT2D eigenvalue weighted by Gasteiger charge is -2.15. The third kappa shape index (κ3) is 4.19. The van der Waals surface area contributed by atoms with Gasteiger partial charge in [0.15, 0.2) is 5.16 Å². The summed E-state index contributed by atoms with van der Waals surface area (Å²) in [7, 11) is 1.53. The Balaban J connectivity index is 1.71. The summed E-state index contributed by atoms with van der Waals surface area (Å²) in [4.78, 5) is 30.6. The van der Waals surface area contributed by atoms with Crippen molar-refractivity contribution in [1.82, 2.24) is 9.55 Å². The number of benzene rings is 3. The number of anilines is 1. The topological polar surface area (TPSA) is 97.0 Å². The molecule has 7 nitrogen and oxygen atoms in total. The molecule has 3 aromatic carbocycles. The Morgan fingerprint density at radius 2 is 1.81 bits per heavy atom. The maximum Gasteiger partial charge on any atom is 0.266 e. The highest BCUT2D eigenvalue weighted by Crippen LogP contribution is 2.27. The number of hydrogen-bond acceptors (Lipinski definition) is 6. The van der Waals surface area contributed by atoms with Crippen molar-refractivity contribution < 1.29 is 9.53 Å². The van der Waals surface area contributed by atoms with Gasteiger partial charge in [-0.05, 0) is 36.4 Å². The Morgan fingerprint density at radius 1 is 1.09 bits per heavy atom. The summed E-state index contributed by atoms with van der Waals surface area (Å²) >= 11 is 1.13. The molecule has 4 rings (SSSR count). The summed E-state index contributed by atoms with van der Waals surface area (Å²) in [5, 5.41) is 12.8. The van der Waals surface area contributed by atoms with Gasteiger partial charge in [0.2, 0.25) is 5.91 Å². The number of nitrogens with zero attached hydrogens (tertiary/aromatic N) is 3. The Labute approximate surface area is 188 Å². The number of carbonyl (C=O) groups excluding carboxylic acids is 1. The van der Waals surface area contributed by atoms with Crippen molar-refractivity contribution in [3.05, 3.63) is 88.7 Å². The van der Waals surface area contributed by atoms with Crippen LogP contribution in [-0.2, 0) is 4.79 Å². The maximum absolute atomic E-state index is 13.4. The first kappa shape index (κ1) is 21.2. The SMILES string of the molecule is COc1ccccc1-n1c(SCC(=O)Nc2ccccc2C#N)nc2ccccc2c1=O. The van der Waals surface area contributed by atoms with Crippen LogP contribution in [-0.4, -0.2) is 28.3 Å². The molecule has 4 aromatic rings. The largest absolute Gasteiger partial charge is 0.495 e. The van der Waals surface area contributed by atoms with Crippen molar-refractivity contribution in [1.29, 1.82) is 5.26 Å². The number of fused-ring (bicyclic) bond motifs is 1. The fourth-order valence-corrected chi connectivity index (χ4v) is 4.05. The zero-order chi connectivity index (χ0) is 22.5. The number of aromatic nitrogens is 2. The van der Waals surface area contributed by atoms with Gasteiger partial charge >= 0.3 is 0 Å². The van der Waals surface area contributed by atoms with Gasteiger partial charge in [0.05, 0.1) is 40.7 Å². The van der Waals surface area contributed by atoms with E-state index in [9.17, 15) is 14.9 Å². The van der Waals surface area contributed by atoms with Gasteiger partial charge in [0, 0.05) is 0 Å². The summed E-state index contributed by atoms with van der Waals surface area (Å²) in [6, 6.07) is 23.0. The van der Waals surface area contributed by atoms with E-state index in [-0.39, 0.29) is 17.2 Å². The number of thioether (sulfide) groups is 1. The van der Waals surface area contributed by atoms with Gasteiger partial charge in [-0.25, -0.2) is 4.98 Å². The normalized spacial score (nSPS) is 10.5. The Bertz CT molecular complexity index is 1410. The summed E-state index contributed by atoms with van der Waals surface area (Å²) in [6.07, 6.45) is 0. The zero-order valence-corrected chi connectivity index (χ0v) is 17.9. The highest BCUT2D eigenvalue weighted by Gasteiger charge is 2.17. The molecule has 0 radical (unpaired) electrons. The van der Waals surface area contributed by atoms with Crippen LogP contribution in [0.15, 0.2) is 82.7 Å². The number of amides is 1. The maximum atomic E-state index is 13.4. The third-order valence-corrected chi connectivity index (χ3v) is 5.66. The predicted octanol–water partition coefficient (Wildman–Crippen LogP) is 4.00. The van der Waals surface area contributed by atoms with Gasteiger partial charge in [-0.15, -0.1) is 0 Å². The van der Waals surface area contributed by atoms with Gasteiger partial charge in [-0.1, -0.05) is 48.2 Å². The fourth-order valence-electron chi connectivity index (χ4n) is 3.24. The molecule has 0 aliphatic rings. The van der Waals surface area contributed by atoms with Crippen LogP contribution >= 0.6 is 11.8 Å². The van der Waals surface area contributed by atoms with Crippen molar-refractivity contribution in [2.24, 2.45) is 0 Å². The number of carbonyl (C=O) groups is 1. The number of ether oxygens (including phenoxy) is 1. The van der Waals surface area contributed by atoms with E-state index >= 15 is 0 Å². The standard InChI is InChI=1S/C24H18N4O3S/c1-31-21-13-7-6-12-20(21)28-23(30)17-9-3-5-11-19(17)27-24(28)32-15-22(29)26-18-10-4-2-8-16(18)14-25/h2-13H,15H2,1H3,(H,26,29). The van der Waals surface area contributed by atoms with Gasteiger partial charge in [0.1, 0.15) is 11.8 Å². The van der Waals surface area contributed by atoms with Gasteiger partial charge in [0.25, 0.3) is 5.56 Å². The monoisotopic (exact) mass is 442 g/mol. The Hall–Kier alpha value is -4.09. The number of nitrogens with one attached hydrogen (secondary N) is 1. The van der Waals surface area contributed by atoms with Crippen LogP contribution in [0.2, 0.25) is 0 Å². The van der Waals surface area contributed by atoms with Crippen LogP contribution in [0.3, 0.4) is 0 Å². The van der Waals surface area contributed by atoms with Crippen molar-refractivity contribution in [3.8, 4) is 17.5 Å². The van der Waals surface area contributed by atoms with Crippen LogP contribution < -0.4 is 15.6 Å². The molecule has 1 amide bonds. The van der Waals surface area contributed by atoms with Crippen LogP contribution in [0.1, 0.15) is 5.56 Å². The summed E-state index contributed by atoms with van der Waals surface area (Å²) in [5.41, 5.74) is 1.64. The number of nitriles is 1. The molecule has 1 aromatic heterocycles. The Kier molecular flexibility index (Phi) is 6.19. The van der Waals surface area contributed by atoms with E-state index in [1.54, 1.807) is 60.7 Å². The van der Waals surface area contributed by atoms with E-state index in [0.717, 1.165) is 11.8 Å². The summed E-state index contributed by atoms with van der Waals surface area (Å²) in [6.45, 7) is 0. The van der Waals surface area contributed by atoms with Crippen molar-refractivity contribution >= 4 is 34.3 Å². The van der Waals surface area contributed by atoms with Crippen LogP contribution in [0, 0.1) is 11.3 Å². The minimum absolute atomic E-state index is 0.000305. The molecule has 1 heterocycles. The van der Waals surface area contributed by atoms with Crippen LogP contribution in [0.5, 0.6) is 5.75 Å². The molecule has 32 heavy (non-hydrogen) atoms. The minimum Gasteiger partial charge on any atom is -0.495 e. The first-order valence-electron chi connectivity index (χ1n) is 9.69. The minimum atomic E-state index is -0.313. The van der Waals surface area contributed by atoms with E-state index in [4.69, 9.17) is 4.74 Å². The van der Waals surface area contributed by atoms with E-state index in [2.05, 4.69) is 16.4 Å². The van der Waals surface area contributed by atoms with Crippen molar-refractivity contribution in [3.63, 3.8) is 0 Å². The molecule has 0 aliphatic carbocycles. The molecule has 8 heteroatoms. The third-order valence-electron chi connectivity index (χ3n) is 4.72. The summed E-state index contributed by atoms with van der Waals surface area (Å²) < 4.78 is 6.91. The average Bonchev–Trinajstić information content (AvgIpc) is 2.83. The number of para-hydroxylation sites is 4. The quantitative estimate of drug-likeness (QED) is 0.358. The van der Waals surface area contributed by atoms with Crippen LogP contribution in [0.25, 0.3) is 16.6 Å². The molecular weight excluding hydrogens is 424 g/mol. The second-order valence-corrected chi connectivity index (χ2v) is 7.66. The molecule has 0 bridgehead atoms.